The molecule has 1 spiro atoms. The molecule has 1 saturated heterocycles. The summed E-state index contributed by atoms with van der Waals surface area (Å²) in [4.78, 5) is 4.00. The lowest BCUT2D eigenvalue weighted by molar-refractivity contribution is -0.218. The van der Waals surface area contributed by atoms with Gasteiger partial charge in [-0.25, -0.2) is 0 Å². The monoisotopic (exact) mass is 182 g/mol. The first kappa shape index (κ1) is 7.46. The molecular weight excluding hydrogens is 172 g/mol. The first-order valence-corrected chi connectivity index (χ1v) is 4.42. The van der Waals surface area contributed by atoms with Crippen LogP contribution in [0.25, 0.3) is 0 Å². The van der Waals surface area contributed by atoms with Crippen molar-refractivity contribution in [3.8, 4) is 0 Å². The van der Waals surface area contributed by atoms with Gasteiger partial charge in [-0.3, -0.25) is 0 Å². The zero-order valence-corrected chi connectivity index (χ0v) is 7.10. The van der Waals surface area contributed by atoms with Crippen molar-refractivity contribution < 1.29 is 14.0 Å². The van der Waals surface area contributed by atoms with E-state index < -0.39 is 0 Å². The van der Waals surface area contributed by atoms with Gasteiger partial charge < -0.3 is 14.0 Å². The number of aromatic nitrogens is 2. The van der Waals surface area contributed by atoms with Crippen molar-refractivity contribution in [1.29, 1.82) is 0 Å². The largest absolute Gasteiger partial charge is 0.347 e. The van der Waals surface area contributed by atoms with Crippen LogP contribution in [0.3, 0.4) is 0 Å². The average Bonchev–Trinajstić information content (AvgIpc) is 2.72. The summed E-state index contributed by atoms with van der Waals surface area (Å²) in [6, 6.07) is 0. The Balaban J connectivity index is 1.68. The zero-order valence-electron chi connectivity index (χ0n) is 7.10. The van der Waals surface area contributed by atoms with Crippen LogP contribution in [-0.2, 0) is 9.47 Å². The third-order valence-corrected chi connectivity index (χ3v) is 2.66. The molecule has 0 N–H and O–H groups in total. The predicted octanol–water partition coefficient (Wildman–Crippen LogP) is 0.690. The van der Waals surface area contributed by atoms with E-state index in [9.17, 15) is 0 Å². The maximum atomic E-state index is 5.49. The van der Waals surface area contributed by atoms with Gasteiger partial charge >= 0.3 is 0 Å². The van der Waals surface area contributed by atoms with Gasteiger partial charge in [-0.05, 0) is 0 Å². The lowest BCUT2D eigenvalue weighted by Crippen LogP contribution is -2.43. The Morgan fingerprint density at radius 3 is 2.69 bits per heavy atom. The fourth-order valence-corrected chi connectivity index (χ4v) is 1.96. The molecule has 1 saturated carbocycles. The van der Waals surface area contributed by atoms with Crippen LogP contribution in [0.2, 0.25) is 0 Å². The number of hydrogen-bond donors (Lipinski definition) is 0. The highest BCUT2D eigenvalue weighted by Crippen LogP contribution is 2.48. The van der Waals surface area contributed by atoms with Crippen LogP contribution in [0.15, 0.2) is 10.9 Å². The van der Waals surface area contributed by atoms with E-state index in [1.165, 1.54) is 6.33 Å². The Morgan fingerprint density at radius 1 is 1.31 bits per heavy atom. The van der Waals surface area contributed by atoms with E-state index in [-0.39, 0.29) is 5.79 Å². The van der Waals surface area contributed by atoms with E-state index in [4.69, 9.17) is 14.0 Å². The zero-order chi connectivity index (χ0) is 8.73. The van der Waals surface area contributed by atoms with E-state index in [1.54, 1.807) is 0 Å². The second-order valence-electron chi connectivity index (χ2n) is 3.49. The number of rotatable bonds is 1. The van der Waals surface area contributed by atoms with E-state index in [2.05, 4.69) is 10.1 Å². The summed E-state index contributed by atoms with van der Waals surface area (Å²) < 4.78 is 16.0. The molecule has 70 valence electrons. The summed E-state index contributed by atoms with van der Waals surface area (Å²) >= 11 is 0. The second kappa shape index (κ2) is 2.52. The molecule has 0 amide bonds. The fourth-order valence-electron chi connectivity index (χ4n) is 1.96. The van der Waals surface area contributed by atoms with Crippen LogP contribution in [0.5, 0.6) is 0 Å². The summed E-state index contributed by atoms with van der Waals surface area (Å²) in [7, 11) is 0. The van der Waals surface area contributed by atoms with Crippen molar-refractivity contribution >= 4 is 0 Å². The Morgan fingerprint density at radius 2 is 2.08 bits per heavy atom. The highest BCUT2D eigenvalue weighted by atomic mass is 16.7. The quantitative estimate of drug-likeness (QED) is 0.639. The molecule has 0 bridgehead atoms. The van der Waals surface area contributed by atoms with Crippen LogP contribution >= 0.6 is 0 Å². The van der Waals surface area contributed by atoms with Gasteiger partial charge in [0.05, 0.1) is 13.2 Å². The summed E-state index contributed by atoms with van der Waals surface area (Å²) in [5, 5.41) is 3.57. The lowest BCUT2D eigenvalue weighted by atomic mass is 9.79. The molecule has 1 aromatic rings. The highest BCUT2D eigenvalue weighted by Gasteiger charge is 2.51. The number of nitrogens with zero attached hydrogens (tertiary/aromatic N) is 2. The molecule has 1 aliphatic heterocycles. The summed E-state index contributed by atoms with van der Waals surface area (Å²) in [6.07, 6.45) is 3.11. The normalized spacial score (nSPS) is 26.5. The summed E-state index contributed by atoms with van der Waals surface area (Å²) in [5.74, 6) is 0.699. The molecular formula is C8H10N2O3. The lowest BCUT2D eigenvalue weighted by Gasteiger charge is -2.40. The molecule has 13 heavy (non-hydrogen) atoms. The molecule has 0 unspecified atom stereocenters. The van der Waals surface area contributed by atoms with Crippen molar-refractivity contribution in [1.82, 2.24) is 10.1 Å². The van der Waals surface area contributed by atoms with Crippen LogP contribution in [0.1, 0.15) is 24.7 Å². The van der Waals surface area contributed by atoms with Crippen molar-refractivity contribution in [2.75, 3.05) is 13.2 Å². The van der Waals surface area contributed by atoms with Crippen molar-refractivity contribution in [2.24, 2.45) is 0 Å². The third-order valence-electron chi connectivity index (χ3n) is 2.66. The molecule has 0 aromatic carbocycles. The first-order valence-electron chi connectivity index (χ1n) is 4.42. The molecule has 2 heterocycles. The molecule has 2 aliphatic rings. The van der Waals surface area contributed by atoms with Crippen LogP contribution < -0.4 is 0 Å². The number of hydrogen-bond acceptors (Lipinski definition) is 5. The van der Waals surface area contributed by atoms with E-state index in [1.807, 2.05) is 0 Å². The van der Waals surface area contributed by atoms with Crippen molar-refractivity contribution in [2.45, 2.75) is 24.5 Å². The van der Waals surface area contributed by atoms with E-state index in [0.29, 0.717) is 25.0 Å². The second-order valence-corrected chi connectivity index (χ2v) is 3.49. The van der Waals surface area contributed by atoms with Crippen molar-refractivity contribution in [3.63, 3.8) is 0 Å². The smallest absolute Gasteiger partial charge is 0.229 e. The molecule has 5 heteroatoms. The van der Waals surface area contributed by atoms with Gasteiger partial charge in [-0.15, -0.1) is 0 Å². The van der Waals surface area contributed by atoms with Crippen LogP contribution in [0.4, 0.5) is 0 Å². The minimum Gasteiger partial charge on any atom is -0.347 e. The standard InChI is InChI=1S/C8H10N2O3/c1-2-12-8(11-1)3-6(4-8)7-9-5-10-13-7/h5-6H,1-4H2. The Labute approximate surface area is 75.0 Å². The van der Waals surface area contributed by atoms with Crippen molar-refractivity contribution in [3.05, 3.63) is 12.2 Å². The minimum atomic E-state index is -0.320. The third kappa shape index (κ3) is 1.08. The Kier molecular flexibility index (Phi) is 1.45. The molecule has 3 rings (SSSR count). The molecule has 2 fully saturated rings. The Bertz CT molecular complexity index is 284. The van der Waals surface area contributed by atoms with Gasteiger partial charge in [0.15, 0.2) is 12.1 Å². The molecule has 0 radical (unpaired) electrons. The summed E-state index contributed by atoms with van der Waals surface area (Å²) in [6.45, 7) is 1.41. The van der Waals surface area contributed by atoms with Gasteiger partial charge in [0, 0.05) is 18.8 Å². The minimum absolute atomic E-state index is 0.320. The topological polar surface area (TPSA) is 57.4 Å². The molecule has 1 aromatic heterocycles. The fraction of sp³-hybridized carbons (Fsp3) is 0.750. The molecule has 5 nitrogen and oxygen atoms in total. The van der Waals surface area contributed by atoms with Gasteiger partial charge in [0.2, 0.25) is 5.89 Å². The first-order chi connectivity index (χ1) is 6.38. The van der Waals surface area contributed by atoms with E-state index >= 15 is 0 Å². The van der Waals surface area contributed by atoms with Crippen LogP contribution in [-0.4, -0.2) is 29.1 Å². The summed E-state index contributed by atoms with van der Waals surface area (Å²) in [5.41, 5.74) is 0. The molecule has 0 atom stereocenters. The van der Waals surface area contributed by atoms with Gasteiger partial charge in [-0.1, -0.05) is 5.16 Å². The maximum absolute atomic E-state index is 5.49. The Hall–Kier alpha value is -0.940. The average molecular weight is 182 g/mol. The highest BCUT2D eigenvalue weighted by molar-refractivity contribution is 5.04. The predicted molar refractivity (Wildman–Crippen MR) is 40.9 cm³/mol. The van der Waals surface area contributed by atoms with Gasteiger partial charge in [0.1, 0.15) is 0 Å². The van der Waals surface area contributed by atoms with Gasteiger partial charge in [-0.2, -0.15) is 4.98 Å². The molecule has 1 aliphatic carbocycles. The maximum Gasteiger partial charge on any atom is 0.229 e. The van der Waals surface area contributed by atoms with Crippen LogP contribution in [0, 0.1) is 0 Å². The van der Waals surface area contributed by atoms with Gasteiger partial charge in [0.25, 0.3) is 0 Å². The SMILES string of the molecule is c1noc(C2CC3(C2)OCCO3)n1. The van der Waals surface area contributed by atoms with E-state index in [0.717, 1.165) is 12.8 Å². The number of ether oxygens (including phenoxy) is 2.